The Bertz CT molecular complexity index is 427. The summed E-state index contributed by atoms with van der Waals surface area (Å²) in [6, 6.07) is -0.554. The maximum absolute atomic E-state index is 11.6. The highest BCUT2D eigenvalue weighted by molar-refractivity contribution is 7.10. The molecule has 0 saturated carbocycles. The first-order chi connectivity index (χ1) is 8.20. The fourth-order valence-electron chi connectivity index (χ4n) is 1.29. The molecule has 1 unspecified atom stereocenters. The van der Waals surface area contributed by atoms with E-state index in [4.69, 9.17) is 10.3 Å². The first kappa shape index (κ1) is 13.4. The fraction of sp³-hybridized carbons (Fsp3) is 0.556. The molecule has 0 saturated heterocycles. The van der Waals surface area contributed by atoms with Gasteiger partial charge in [0.25, 0.3) is 0 Å². The number of aromatic nitrogens is 1. The van der Waals surface area contributed by atoms with Gasteiger partial charge in [-0.05, 0) is 12.5 Å². The molecule has 0 aliphatic rings. The van der Waals surface area contributed by atoms with Crippen molar-refractivity contribution in [2.75, 3.05) is 20.2 Å². The lowest BCUT2D eigenvalue weighted by molar-refractivity contribution is -0.143. The molecule has 0 bridgehead atoms. The van der Waals surface area contributed by atoms with E-state index in [0.717, 1.165) is 10.6 Å². The van der Waals surface area contributed by atoms with Gasteiger partial charge in [0.2, 0.25) is 0 Å². The van der Waals surface area contributed by atoms with Gasteiger partial charge in [-0.3, -0.25) is 5.32 Å². The van der Waals surface area contributed by atoms with E-state index < -0.39 is 6.04 Å². The number of thiazole rings is 1. The van der Waals surface area contributed by atoms with Crippen molar-refractivity contribution in [3.8, 4) is 0 Å². The number of rotatable bonds is 6. The smallest absolute Gasteiger partial charge is 0.328 e. The van der Waals surface area contributed by atoms with Gasteiger partial charge in [0.1, 0.15) is 6.04 Å². The highest BCUT2D eigenvalue weighted by Crippen LogP contribution is 2.22. The van der Waals surface area contributed by atoms with Crippen LogP contribution in [0, 0.1) is 6.92 Å². The minimum atomic E-state index is -0.554. The SMILES string of the molecule is COC(=O)C(NCCN=[N+]=[N-])c1scnc1C. The zero-order valence-electron chi connectivity index (χ0n) is 9.58. The summed E-state index contributed by atoms with van der Waals surface area (Å²) in [6.45, 7) is 2.51. The van der Waals surface area contributed by atoms with Crippen LogP contribution in [0.5, 0.6) is 0 Å². The lowest BCUT2D eigenvalue weighted by Gasteiger charge is -2.14. The Hall–Kier alpha value is -1.63. The number of nitrogens with zero attached hydrogens (tertiary/aromatic N) is 4. The van der Waals surface area contributed by atoms with Crippen LogP contribution in [-0.4, -0.2) is 31.2 Å². The second kappa shape index (κ2) is 6.85. The Morgan fingerprint density at radius 3 is 3.12 bits per heavy atom. The predicted octanol–water partition coefficient (Wildman–Crippen LogP) is 1.57. The summed E-state index contributed by atoms with van der Waals surface area (Å²) in [4.78, 5) is 19.2. The molecule has 8 heteroatoms. The summed E-state index contributed by atoms with van der Waals surface area (Å²) in [5.74, 6) is -0.377. The molecule has 0 radical (unpaired) electrons. The molecule has 1 atom stereocenters. The zero-order chi connectivity index (χ0) is 12.7. The van der Waals surface area contributed by atoms with Crippen LogP contribution in [0.2, 0.25) is 0 Å². The lowest BCUT2D eigenvalue weighted by Crippen LogP contribution is -2.31. The third kappa shape index (κ3) is 3.70. The number of hydrogen-bond acceptors (Lipinski definition) is 6. The largest absolute Gasteiger partial charge is 0.468 e. The minimum Gasteiger partial charge on any atom is -0.468 e. The van der Waals surface area contributed by atoms with Crippen LogP contribution in [0.25, 0.3) is 10.4 Å². The molecular formula is C9H13N5O2S. The summed E-state index contributed by atoms with van der Waals surface area (Å²) in [5.41, 5.74) is 10.6. The van der Waals surface area contributed by atoms with E-state index in [1.165, 1.54) is 18.4 Å². The Kier molecular flexibility index (Phi) is 5.41. The van der Waals surface area contributed by atoms with Gasteiger partial charge in [-0.2, -0.15) is 0 Å². The molecule has 1 heterocycles. The van der Waals surface area contributed by atoms with E-state index in [9.17, 15) is 4.79 Å². The maximum Gasteiger partial charge on any atom is 0.328 e. The number of esters is 1. The molecule has 17 heavy (non-hydrogen) atoms. The van der Waals surface area contributed by atoms with Crippen molar-refractivity contribution in [3.05, 3.63) is 26.5 Å². The molecule has 1 rings (SSSR count). The zero-order valence-corrected chi connectivity index (χ0v) is 10.4. The Morgan fingerprint density at radius 2 is 2.59 bits per heavy atom. The number of carbonyl (C=O) groups excluding carboxylic acids is 1. The average Bonchev–Trinajstić information content (AvgIpc) is 2.75. The van der Waals surface area contributed by atoms with E-state index in [0.29, 0.717) is 6.54 Å². The third-order valence-corrected chi connectivity index (χ3v) is 3.10. The molecule has 0 aromatic carbocycles. The Morgan fingerprint density at radius 1 is 1.82 bits per heavy atom. The molecule has 1 aromatic rings. The molecule has 0 aliphatic carbocycles. The normalized spacial score (nSPS) is 11.6. The second-order valence-electron chi connectivity index (χ2n) is 3.17. The minimum absolute atomic E-state index is 0.280. The third-order valence-electron chi connectivity index (χ3n) is 2.11. The molecule has 0 fully saturated rings. The van der Waals surface area contributed by atoms with Crippen LogP contribution >= 0.6 is 11.3 Å². The highest BCUT2D eigenvalue weighted by Gasteiger charge is 2.23. The highest BCUT2D eigenvalue weighted by atomic mass is 32.1. The van der Waals surface area contributed by atoms with Gasteiger partial charge in [0, 0.05) is 18.0 Å². The molecule has 1 N–H and O–H groups in total. The molecule has 1 aromatic heterocycles. The standard InChI is InChI=1S/C9H13N5O2S/c1-6-8(17-5-12-6)7(9(15)16-2)11-3-4-13-14-10/h5,7,11H,3-4H2,1-2H3. The monoisotopic (exact) mass is 255 g/mol. The first-order valence-corrected chi connectivity index (χ1v) is 5.80. The van der Waals surface area contributed by atoms with Crippen molar-refractivity contribution in [1.82, 2.24) is 10.3 Å². The van der Waals surface area contributed by atoms with Crippen molar-refractivity contribution in [3.63, 3.8) is 0 Å². The second-order valence-corrected chi connectivity index (χ2v) is 4.05. The van der Waals surface area contributed by atoms with Crippen LogP contribution < -0.4 is 5.32 Å². The van der Waals surface area contributed by atoms with Crippen molar-refractivity contribution in [2.24, 2.45) is 5.11 Å². The van der Waals surface area contributed by atoms with E-state index in [-0.39, 0.29) is 12.5 Å². The maximum atomic E-state index is 11.6. The van der Waals surface area contributed by atoms with Crippen LogP contribution in [0.1, 0.15) is 16.6 Å². The van der Waals surface area contributed by atoms with Crippen molar-refractivity contribution in [1.29, 1.82) is 0 Å². The van der Waals surface area contributed by atoms with E-state index in [1.54, 1.807) is 5.51 Å². The first-order valence-electron chi connectivity index (χ1n) is 4.92. The average molecular weight is 255 g/mol. The number of carbonyl (C=O) groups is 1. The van der Waals surface area contributed by atoms with Gasteiger partial charge in [0.05, 0.1) is 23.2 Å². The van der Waals surface area contributed by atoms with Crippen LogP contribution in [-0.2, 0) is 9.53 Å². The van der Waals surface area contributed by atoms with E-state index >= 15 is 0 Å². The number of aryl methyl sites for hydroxylation is 1. The van der Waals surface area contributed by atoms with Crippen molar-refractivity contribution >= 4 is 17.3 Å². The molecule has 92 valence electrons. The van der Waals surface area contributed by atoms with Gasteiger partial charge in [-0.1, -0.05) is 5.11 Å². The van der Waals surface area contributed by atoms with Crippen LogP contribution in [0.15, 0.2) is 10.6 Å². The van der Waals surface area contributed by atoms with Crippen LogP contribution in [0.4, 0.5) is 0 Å². The summed E-state index contributed by atoms with van der Waals surface area (Å²) in [7, 11) is 1.33. The number of azide groups is 1. The number of ether oxygens (including phenoxy) is 1. The van der Waals surface area contributed by atoms with Gasteiger partial charge >= 0.3 is 5.97 Å². The Labute approximate surface area is 102 Å². The molecule has 0 aliphatic heterocycles. The molecule has 0 amide bonds. The predicted molar refractivity (Wildman–Crippen MR) is 63.6 cm³/mol. The fourth-order valence-corrected chi connectivity index (χ4v) is 2.16. The topological polar surface area (TPSA) is 100.0 Å². The summed E-state index contributed by atoms with van der Waals surface area (Å²) in [5, 5.41) is 6.37. The molecule has 7 nitrogen and oxygen atoms in total. The van der Waals surface area contributed by atoms with Crippen molar-refractivity contribution in [2.45, 2.75) is 13.0 Å². The summed E-state index contributed by atoms with van der Waals surface area (Å²) < 4.78 is 4.72. The number of methoxy groups -OCH3 is 1. The van der Waals surface area contributed by atoms with Gasteiger partial charge in [0.15, 0.2) is 0 Å². The number of hydrogen-bond donors (Lipinski definition) is 1. The Balaban J connectivity index is 2.71. The number of nitrogens with one attached hydrogen (secondary N) is 1. The van der Waals surface area contributed by atoms with E-state index in [1.807, 2.05) is 6.92 Å². The summed E-state index contributed by atoms with van der Waals surface area (Å²) in [6.07, 6.45) is 0. The molecular weight excluding hydrogens is 242 g/mol. The van der Waals surface area contributed by atoms with Gasteiger partial charge in [-0.15, -0.1) is 11.3 Å². The van der Waals surface area contributed by atoms with Crippen molar-refractivity contribution < 1.29 is 9.53 Å². The van der Waals surface area contributed by atoms with E-state index in [2.05, 4.69) is 20.3 Å². The lowest BCUT2D eigenvalue weighted by atomic mass is 10.2. The van der Waals surface area contributed by atoms with Gasteiger partial charge in [-0.25, -0.2) is 9.78 Å². The van der Waals surface area contributed by atoms with Crippen LogP contribution in [0.3, 0.4) is 0 Å². The molecule has 0 spiro atoms. The summed E-state index contributed by atoms with van der Waals surface area (Å²) >= 11 is 1.39. The van der Waals surface area contributed by atoms with Gasteiger partial charge < -0.3 is 4.74 Å². The quantitative estimate of drug-likeness (QED) is 0.274.